The first kappa shape index (κ1) is 14.6. The van der Waals surface area contributed by atoms with Gasteiger partial charge in [0.1, 0.15) is 0 Å². The van der Waals surface area contributed by atoms with Crippen molar-refractivity contribution in [3.05, 3.63) is 28.8 Å². The quantitative estimate of drug-likeness (QED) is 0.783. The van der Waals surface area contributed by atoms with E-state index in [1.807, 2.05) is 12.1 Å². The fourth-order valence-electron chi connectivity index (χ4n) is 2.86. The summed E-state index contributed by atoms with van der Waals surface area (Å²) >= 11 is 0. The van der Waals surface area contributed by atoms with Crippen LogP contribution in [0.4, 0.5) is 0 Å². The fourth-order valence-corrected chi connectivity index (χ4v) is 2.86. The van der Waals surface area contributed by atoms with Gasteiger partial charge in [-0.3, -0.25) is 0 Å². The molecule has 1 aliphatic heterocycles. The van der Waals surface area contributed by atoms with E-state index in [1.54, 1.807) is 0 Å². The van der Waals surface area contributed by atoms with Crippen LogP contribution in [0.15, 0.2) is 12.1 Å². The van der Waals surface area contributed by atoms with E-state index in [2.05, 4.69) is 40.7 Å². The van der Waals surface area contributed by atoms with Crippen LogP contribution in [0.2, 0.25) is 0 Å². The molecule has 3 rings (SSSR count). The van der Waals surface area contributed by atoms with Gasteiger partial charge in [0.05, 0.1) is 22.8 Å². The van der Waals surface area contributed by atoms with E-state index in [-0.39, 0.29) is 18.3 Å². The molecule has 0 aromatic heterocycles. The highest BCUT2D eigenvalue weighted by Crippen LogP contribution is 2.42. The Kier molecular flexibility index (Phi) is 3.20. The van der Waals surface area contributed by atoms with Gasteiger partial charge in [0.15, 0.2) is 0 Å². The Morgan fingerprint density at radius 3 is 2.19 bits per heavy atom. The molecular weight excluding hydrogens is 261 g/mol. The fraction of sp³-hybridized carbons (Fsp3) is 0.588. The van der Waals surface area contributed by atoms with Gasteiger partial charge in [-0.15, -0.1) is 0 Å². The van der Waals surface area contributed by atoms with Gasteiger partial charge < -0.3 is 9.31 Å². The summed E-state index contributed by atoms with van der Waals surface area (Å²) in [6.45, 7) is 10.3. The molecule has 1 aromatic carbocycles. The molecule has 0 atom stereocenters. The third kappa shape index (κ3) is 2.39. The predicted octanol–water partition coefficient (Wildman–Crippen LogP) is 3.04. The van der Waals surface area contributed by atoms with E-state index in [0.717, 1.165) is 5.46 Å². The molecule has 2 fully saturated rings. The third-order valence-electron chi connectivity index (χ3n) is 5.14. The molecule has 0 unspecified atom stereocenters. The van der Waals surface area contributed by atoms with Crippen LogP contribution in [-0.4, -0.2) is 18.3 Å². The van der Waals surface area contributed by atoms with Crippen LogP contribution in [0, 0.1) is 18.3 Å². The van der Waals surface area contributed by atoms with Crippen LogP contribution >= 0.6 is 0 Å². The molecule has 110 valence electrons. The van der Waals surface area contributed by atoms with E-state index in [9.17, 15) is 5.26 Å². The molecule has 2 aliphatic rings. The van der Waals surface area contributed by atoms with Crippen LogP contribution in [0.1, 0.15) is 63.1 Å². The molecule has 1 saturated carbocycles. The van der Waals surface area contributed by atoms with Crippen molar-refractivity contribution >= 4 is 12.6 Å². The second-order valence-electron chi connectivity index (χ2n) is 7.25. The normalized spacial score (nSPS) is 23.1. The Morgan fingerprint density at radius 2 is 1.71 bits per heavy atom. The minimum Gasteiger partial charge on any atom is -0.399 e. The monoisotopic (exact) mass is 283 g/mol. The second-order valence-corrected chi connectivity index (χ2v) is 7.25. The molecule has 0 spiro atoms. The molecule has 0 radical (unpaired) electrons. The molecule has 21 heavy (non-hydrogen) atoms. The van der Waals surface area contributed by atoms with Crippen LogP contribution in [0.5, 0.6) is 0 Å². The number of nitrogens with zero attached hydrogens (tertiary/aromatic N) is 1. The lowest BCUT2D eigenvalue weighted by atomic mass is 9.73. The molecular formula is C17H22BNO2. The maximum Gasteiger partial charge on any atom is 0.495 e. The first-order valence-corrected chi connectivity index (χ1v) is 7.65. The van der Waals surface area contributed by atoms with Crippen molar-refractivity contribution in [2.45, 2.75) is 64.6 Å². The van der Waals surface area contributed by atoms with Crippen molar-refractivity contribution in [1.29, 1.82) is 5.26 Å². The lowest BCUT2D eigenvalue weighted by Crippen LogP contribution is -2.41. The highest BCUT2D eigenvalue weighted by molar-refractivity contribution is 6.62. The van der Waals surface area contributed by atoms with Gasteiger partial charge in [-0.05, 0) is 82.1 Å². The number of hydrogen-bond donors (Lipinski definition) is 0. The average molecular weight is 283 g/mol. The number of nitriles is 1. The van der Waals surface area contributed by atoms with Crippen LogP contribution in [0.3, 0.4) is 0 Å². The van der Waals surface area contributed by atoms with E-state index in [4.69, 9.17) is 9.31 Å². The van der Waals surface area contributed by atoms with Gasteiger partial charge in [-0.1, -0.05) is 0 Å². The maximum absolute atomic E-state index is 9.30. The van der Waals surface area contributed by atoms with Gasteiger partial charge in [0, 0.05) is 0 Å². The second kappa shape index (κ2) is 4.59. The van der Waals surface area contributed by atoms with Gasteiger partial charge >= 0.3 is 7.12 Å². The largest absolute Gasteiger partial charge is 0.495 e. The van der Waals surface area contributed by atoms with E-state index in [1.165, 1.54) is 24.0 Å². The predicted molar refractivity (Wildman–Crippen MR) is 83.6 cm³/mol. The van der Waals surface area contributed by atoms with Crippen molar-refractivity contribution in [1.82, 2.24) is 0 Å². The molecule has 1 saturated heterocycles. The summed E-state index contributed by atoms with van der Waals surface area (Å²) < 4.78 is 12.3. The lowest BCUT2D eigenvalue weighted by molar-refractivity contribution is 0.00578. The van der Waals surface area contributed by atoms with E-state index >= 15 is 0 Å². The lowest BCUT2D eigenvalue weighted by Gasteiger charge is -2.32. The van der Waals surface area contributed by atoms with Crippen LogP contribution < -0.4 is 5.46 Å². The summed E-state index contributed by atoms with van der Waals surface area (Å²) in [5, 5.41) is 9.30. The molecule has 1 aromatic rings. The Morgan fingerprint density at radius 1 is 1.14 bits per heavy atom. The molecule has 3 nitrogen and oxygen atoms in total. The summed E-state index contributed by atoms with van der Waals surface area (Å²) in [6, 6.07) is 6.22. The van der Waals surface area contributed by atoms with Gasteiger partial charge in [-0.2, -0.15) is 5.26 Å². The zero-order valence-corrected chi connectivity index (χ0v) is 13.5. The van der Waals surface area contributed by atoms with Gasteiger partial charge in [0.2, 0.25) is 0 Å². The van der Waals surface area contributed by atoms with Gasteiger partial charge in [-0.25, -0.2) is 0 Å². The highest BCUT2D eigenvalue weighted by atomic mass is 16.7. The highest BCUT2D eigenvalue weighted by Gasteiger charge is 2.52. The van der Waals surface area contributed by atoms with E-state index in [0.29, 0.717) is 11.5 Å². The zero-order valence-electron chi connectivity index (χ0n) is 13.5. The Balaban J connectivity index is 2.03. The number of hydrogen-bond acceptors (Lipinski definition) is 3. The van der Waals surface area contributed by atoms with Crippen molar-refractivity contribution in [3.63, 3.8) is 0 Å². The molecule has 1 aliphatic carbocycles. The summed E-state index contributed by atoms with van der Waals surface area (Å²) in [5.74, 6) is 0.611. The Labute approximate surface area is 127 Å². The van der Waals surface area contributed by atoms with Crippen LogP contribution in [0.25, 0.3) is 0 Å². The number of rotatable bonds is 2. The molecule has 0 bridgehead atoms. The summed E-state index contributed by atoms with van der Waals surface area (Å²) in [4.78, 5) is 0. The van der Waals surface area contributed by atoms with Gasteiger partial charge in [0.25, 0.3) is 0 Å². The minimum absolute atomic E-state index is 0.355. The summed E-state index contributed by atoms with van der Waals surface area (Å²) in [5.41, 5.74) is 3.51. The molecule has 4 heteroatoms. The van der Waals surface area contributed by atoms with Crippen molar-refractivity contribution in [2.24, 2.45) is 0 Å². The third-order valence-corrected chi connectivity index (χ3v) is 5.14. The SMILES string of the molecule is Cc1c(B2OC(C)(C)C(C)(C)O2)cc(C#N)cc1C1CC1. The first-order valence-electron chi connectivity index (χ1n) is 7.65. The Bertz CT molecular complexity index is 610. The van der Waals surface area contributed by atoms with Crippen molar-refractivity contribution in [2.75, 3.05) is 0 Å². The molecule has 0 N–H and O–H groups in total. The smallest absolute Gasteiger partial charge is 0.399 e. The van der Waals surface area contributed by atoms with Crippen molar-refractivity contribution in [3.8, 4) is 6.07 Å². The Hall–Kier alpha value is -1.31. The first-order chi connectivity index (χ1) is 9.75. The maximum atomic E-state index is 9.30. The average Bonchev–Trinajstić information content (AvgIpc) is 3.18. The minimum atomic E-state index is -0.388. The number of benzene rings is 1. The zero-order chi connectivity index (χ0) is 15.4. The van der Waals surface area contributed by atoms with Crippen molar-refractivity contribution < 1.29 is 9.31 Å². The molecule has 0 amide bonds. The summed E-state index contributed by atoms with van der Waals surface area (Å²) in [6.07, 6.45) is 2.44. The van der Waals surface area contributed by atoms with Crippen LogP contribution in [-0.2, 0) is 9.31 Å². The summed E-state index contributed by atoms with van der Waals surface area (Å²) in [7, 11) is -0.388. The molecule has 1 heterocycles. The van der Waals surface area contributed by atoms with E-state index < -0.39 is 0 Å². The standard InChI is InChI=1S/C17H22BNO2/c1-11-14(13-6-7-13)8-12(10-19)9-15(11)18-20-16(2,3)17(4,5)21-18/h8-9,13H,6-7H2,1-5H3. The topological polar surface area (TPSA) is 42.2 Å².